The van der Waals surface area contributed by atoms with Gasteiger partial charge in [-0.1, -0.05) is 31.5 Å². The molecule has 0 aliphatic heterocycles. The Morgan fingerprint density at radius 1 is 1.26 bits per heavy atom. The monoisotopic (exact) mass is 285 g/mol. The minimum absolute atomic E-state index is 0.641. The molecule has 0 saturated carbocycles. The number of halogens is 1. The Hall–Kier alpha value is -0.770. The van der Waals surface area contributed by atoms with E-state index in [1.165, 1.54) is 0 Å². The van der Waals surface area contributed by atoms with E-state index in [0.29, 0.717) is 19.1 Å². The first-order valence-electron chi connectivity index (χ1n) is 6.75. The number of benzene rings is 1. The van der Waals surface area contributed by atoms with Crippen molar-refractivity contribution >= 4 is 11.6 Å². The van der Waals surface area contributed by atoms with Crippen molar-refractivity contribution in [3.05, 3.63) is 28.8 Å². The van der Waals surface area contributed by atoms with Crippen LogP contribution in [0.1, 0.15) is 25.8 Å². The molecule has 1 rings (SSSR count). The molecule has 0 spiro atoms. The average molecular weight is 286 g/mol. The lowest BCUT2D eigenvalue weighted by atomic mass is 10.1. The van der Waals surface area contributed by atoms with Gasteiger partial charge in [0.05, 0.1) is 13.2 Å². The molecule has 0 atom stereocenters. The fourth-order valence-electron chi connectivity index (χ4n) is 1.64. The molecule has 1 N–H and O–H groups in total. The van der Waals surface area contributed by atoms with Gasteiger partial charge in [-0.2, -0.15) is 0 Å². The smallest absolute Gasteiger partial charge is 0.125 e. The topological polar surface area (TPSA) is 30.5 Å². The number of methoxy groups -OCH3 is 1. The third kappa shape index (κ3) is 6.28. The summed E-state index contributed by atoms with van der Waals surface area (Å²) in [7, 11) is 1.69. The maximum Gasteiger partial charge on any atom is 0.125 e. The summed E-state index contributed by atoms with van der Waals surface area (Å²) in [5.41, 5.74) is 1.02. The van der Waals surface area contributed by atoms with Crippen molar-refractivity contribution in [2.24, 2.45) is 5.92 Å². The van der Waals surface area contributed by atoms with Crippen LogP contribution in [0.15, 0.2) is 18.2 Å². The highest BCUT2D eigenvalue weighted by Crippen LogP contribution is 2.26. The van der Waals surface area contributed by atoms with Crippen LogP contribution in [-0.2, 0) is 11.3 Å². The van der Waals surface area contributed by atoms with E-state index in [9.17, 15) is 0 Å². The van der Waals surface area contributed by atoms with Gasteiger partial charge in [-0.05, 0) is 24.5 Å². The first-order chi connectivity index (χ1) is 9.15. The van der Waals surface area contributed by atoms with Crippen LogP contribution in [0, 0.1) is 5.92 Å². The number of hydrogen-bond acceptors (Lipinski definition) is 3. The molecule has 3 nitrogen and oxygen atoms in total. The van der Waals surface area contributed by atoms with Gasteiger partial charge in [0.1, 0.15) is 5.75 Å². The zero-order valence-corrected chi connectivity index (χ0v) is 12.8. The second-order valence-electron chi connectivity index (χ2n) is 4.92. The third-order valence-corrected chi connectivity index (χ3v) is 3.17. The molecule has 0 saturated heterocycles. The Morgan fingerprint density at radius 3 is 2.74 bits per heavy atom. The second kappa shape index (κ2) is 9.18. The molecule has 1 aromatic rings. The van der Waals surface area contributed by atoms with E-state index in [1.54, 1.807) is 7.11 Å². The van der Waals surface area contributed by atoms with E-state index in [2.05, 4.69) is 19.2 Å². The van der Waals surface area contributed by atoms with Gasteiger partial charge >= 0.3 is 0 Å². The summed E-state index contributed by atoms with van der Waals surface area (Å²) in [5, 5.41) is 4.04. The van der Waals surface area contributed by atoms with E-state index in [4.69, 9.17) is 21.1 Å². The van der Waals surface area contributed by atoms with Crippen molar-refractivity contribution in [3.8, 4) is 5.75 Å². The number of rotatable bonds is 9. The minimum Gasteiger partial charge on any atom is -0.493 e. The van der Waals surface area contributed by atoms with E-state index < -0.39 is 0 Å². The number of nitrogens with one attached hydrogen (secondary N) is 1. The summed E-state index contributed by atoms with van der Waals surface area (Å²) < 4.78 is 10.8. The van der Waals surface area contributed by atoms with Crippen molar-refractivity contribution in [2.45, 2.75) is 26.8 Å². The Bertz CT molecular complexity index is 369. The van der Waals surface area contributed by atoms with Crippen LogP contribution in [0.3, 0.4) is 0 Å². The Morgan fingerprint density at radius 2 is 2.05 bits per heavy atom. The van der Waals surface area contributed by atoms with Crippen LogP contribution < -0.4 is 10.1 Å². The van der Waals surface area contributed by atoms with Gasteiger partial charge in [0, 0.05) is 30.8 Å². The van der Waals surface area contributed by atoms with Gasteiger partial charge in [0.15, 0.2) is 0 Å². The Balaban J connectivity index is 2.56. The van der Waals surface area contributed by atoms with E-state index in [1.807, 2.05) is 18.2 Å². The van der Waals surface area contributed by atoms with Crippen LogP contribution in [0.2, 0.25) is 5.02 Å². The zero-order valence-electron chi connectivity index (χ0n) is 12.0. The lowest BCUT2D eigenvalue weighted by molar-refractivity contribution is 0.199. The van der Waals surface area contributed by atoms with Crippen molar-refractivity contribution < 1.29 is 9.47 Å². The normalized spacial score (nSPS) is 11.0. The molecular weight excluding hydrogens is 262 g/mol. The highest BCUT2D eigenvalue weighted by molar-refractivity contribution is 6.31. The van der Waals surface area contributed by atoms with Gasteiger partial charge in [-0.25, -0.2) is 0 Å². The molecule has 108 valence electrons. The van der Waals surface area contributed by atoms with Crippen molar-refractivity contribution in [1.82, 2.24) is 5.32 Å². The molecule has 0 aromatic heterocycles. The van der Waals surface area contributed by atoms with E-state index >= 15 is 0 Å². The average Bonchev–Trinajstić information content (AvgIpc) is 2.36. The van der Waals surface area contributed by atoms with Gasteiger partial charge in [0.2, 0.25) is 0 Å². The Kier molecular flexibility index (Phi) is 7.87. The molecule has 1 aromatic carbocycles. The highest BCUT2D eigenvalue weighted by Gasteiger charge is 2.08. The summed E-state index contributed by atoms with van der Waals surface area (Å²) in [4.78, 5) is 0. The largest absolute Gasteiger partial charge is 0.493 e. The fraction of sp³-hybridized carbons (Fsp3) is 0.600. The van der Waals surface area contributed by atoms with Gasteiger partial charge < -0.3 is 14.8 Å². The van der Waals surface area contributed by atoms with E-state index in [-0.39, 0.29) is 0 Å². The molecule has 0 bridgehead atoms. The molecule has 19 heavy (non-hydrogen) atoms. The number of ether oxygens (including phenoxy) is 2. The van der Waals surface area contributed by atoms with Crippen LogP contribution in [0.4, 0.5) is 0 Å². The quantitative estimate of drug-likeness (QED) is 0.705. The third-order valence-electron chi connectivity index (χ3n) is 2.81. The van der Waals surface area contributed by atoms with Gasteiger partial charge in [-0.15, -0.1) is 0 Å². The summed E-state index contributed by atoms with van der Waals surface area (Å²) in [5.74, 6) is 1.51. The molecular formula is C15H24ClNO2. The summed E-state index contributed by atoms with van der Waals surface area (Å²) in [6, 6.07) is 5.79. The van der Waals surface area contributed by atoms with Crippen molar-refractivity contribution in [3.63, 3.8) is 0 Å². The standard InChI is InChI=1S/C15H24ClNO2/c1-12(2)7-9-19-15-6-4-5-14(16)13(15)11-17-8-10-18-3/h4-6,12,17H,7-11H2,1-3H3. The van der Waals surface area contributed by atoms with Crippen LogP contribution in [-0.4, -0.2) is 26.9 Å². The molecule has 0 fully saturated rings. The van der Waals surface area contributed by atoms with Gasteiger partial charge in [0.25, 0.3) is 0 Å². The number of hydrogen-bond donors (Lipinski definition) is 1. The predicted octanol–water partition coefficient (Wildman–Crippen LogP) is 3.50. The lowest BCUT2D eigenvalue weighted by Crippen LogP contribution is -2.19. The molecule has 0 aliphatic carbocycles. The molecule has 0 unspecified atom stereocenters. The first kappa shape index (κ1) is 16.3. The highest BCUT2D eigenvalue weighted by atomic mass is 35.5. The molecule has 0 radical (unpaired) electrons. The maximum atomic E-state index is 6.23. The summed E-state index contributed by atoms with van der Waals surface area (Å²) in [6.07, 6.45) is 1.04. The zero-order chi connectivity index (χ0) is 14.1. The first-order valence-corrected chi connectivity index (χ1v) is 7.12. The predicted molar refractivity (Wildman–Crippen MR) is 80.0 cm³/mol. The van der Waals surface area contributed by atoms with Crippen LogP contribution in [0.5, 0.6) is 5.75 Å². The molecule has 0 amide bonds. The second-order valence-corrected chi connectivity index (χ2v) is 5.32. The van der Waals surface area contributed by atoms with Crippen molar-refractivity contribution in [1.29, 1.82) is 0 Å². The van der Waals surface area contributed by atoms with E-state index in [0.717, 1.165) is 35.9 Å². The van der Waals surface area contributed by atoms with Gasteiger partial charge in [-0.3, -0.25) is 0 Å². The van der Waals surface area contributed by atoms with Crippen molar-refractivity contribution in [2.75, 3.05) is 26.9 Å². The summed E-state index contributed by atoms with van der Waals surface area (Å²) >= 11 is 6.23. The van der Waals surface area contributed by atoms with Crippen LogP contribution in [0.25, 0.3) is 0 Å². The fourth-order valence-corrected chi connectivity index (χ4v) is 1.87. The summed E-state index contributed by atoms with van der Waals surface area (Å²) in [6.45, 7) is 7.29. The lowest BCUT2D eigenvalue weighted by Gasteiger charge is -2.14. The molecule has 0 heterocycles. The maximum absolute atomic E-state index is 6.23. The minimum atomic E-state index is 0.641. The SMILES string of the molecule is COCCNCc1c(Cl)cccc1OCCC(C)C. The molecule has 4 heteroatoms. The van der Waals surface area contributed by atoms with Crippen LogP contribution >= 0.6 is 11.6 Å². The Labute approximate surface area is 121 Å². The molecule has 0 aliphatic rings.